The fourth-order valence-electron chi connectivity index (χ4n) is 4.09. The molecule has 0 aliphatic carbocycles. The Labute approximate surface area is 232 Å². The number of halogens is 1. The van der Waals surface area contributed by atoms with Gasteiger partial charge < -0.3 is 15.0 Å². The minimum atomic E-state index is -1.11. The average molecular weight is 548 g/mol. The van der Waals surface area contributed by atoms with Gasteiger partial charge in [-0.2, -0.15) is 0 Å². The Morgan fingerprint density at radius 2 is 1.71 bits per heavy atom. The molecule has 0 saturated carbocycles. The van der Waals surface area contributed by atoms with E-state index in [0.717, 1.165) is 21.8 Å². The molecule has 1 heterocycles. The Kier molecular flexibility index (Phi) is 8.81. The van der Waals surface area contributed by atoms with Crippen molar-refractivity contribution in [2.75, 3.05) is 12.4 Å². The standard InChI is InChI=1S/C30H30ClN3O3S/c1-4-30(2,29(36)32-24-14-16-25(37-3)17-15-24)34(28(35)18-21-8-6-5-7-9-21)19-27-33-26(20-38-27)22-10-12-23(31)13-11-22/h5-17,20H,4,18-19H2,1-3H3,(H,32,36). The summed E-state index contributed by atoms with van der Waals surface area (Å²) >= 11 is 7.50. The van der Waals surface area contributed by atoms with Crippen molar-refractivity contribution in [3.05, 3.63) is 99.8 Å². The zero-order valence-corrected chi connectivity index (χ0v) is 23.2. The molecule has 0 spiro atoms. The summed E-state index contributed by atoms with van der Waals surface area (Å²) in [5.74, 6) is 0.288. The van der Waals surface area contributed by atoms with Gasteiger partial charge in [0.2, 0.25) is 11.8 Å². The maximum atomic E-state index is 13.8. The summed E-state index contributed by atoms with van der Waals surface area (Å²) in [6.07, 6.45) is 0.604. The highest BCUT2D eigenvalue weighted by molar-refractivity contribution is 7.09. The highest BCUT2D eigenvalue weighted by Crippen LogP contribution is 2.29. The van der Waals surface area contributed by atoms with Crippen LogP contribution < -0.4 is 10.1 Å². The summed E-state index contributed by atoms with van der Waals surface area (Å²) in [6.45, 7) is 3.93. The van der Waals surface area contributed by atoms with E-state index in [2.05, 4.69) is 5.32 Å². The molecule has 0 fully saturated rings. The van der Waals surface area contributed by atoms with Crippen molar-refractivity contribution in [1.29, 1.82) is 0 Å². The van der Waals surface area contributed by atoms with Crippen LogP contribution in [0.3, 0.4) is 0 Å². The molecule has 0 radical (unpaired) electrons. The Hall–Kier alpha value is -3.68. The lowest BCUT2D eigenvalue weighted by Gasteiger charge is -2.39. The number of hydrogen-bond acceptors (Lipinski definition) is 5. The van der Waals surface area contributed by atoms with Crippen molar-refractivity contribution >= 4 is 40.4 Å². The van der Waals surface area contributed by atoms with Gasteiger partial charge in [0.05, 0.1) is 25.8 Å². The molecule has 196 valence electrons. The SMILES string of the molecule is CCC(C)(C(=O)Nc1ccc(OC)cc1)N(Cc1nc(-c2ccc(Cl)cc2)cs1)C(=O)Cc1ccccc1. The second kappa shape index (κ2) is 12.2. The molecule has 1 N–H and O–H groups in total. The third kappa shape index (κ3) is 6.41. The Bertz CT molecular complexity index is 1370. The average Bonchev–Trinajstić information content (AvgIpc) is 3.41. The van der Waals surface area contributed by atoms with Crippen LogP contribution in [0.2, 0.25) is 5.02 Å². The second-order valence-corrected chi connectivity index (χ2v) is 10.5. The van der Waals surface area contributed by atoms with Crippen LogP contribution >= 0.6 is 22.9 Å². The van der Waals surface area contributed by atoms with E-state index >= 15 is 0 Å². The zero-order chi connectivity index (χ0) is 27.1. The molecular weight excluding hydrogens is 518 g/mol. The molecule has 0 bridgehead atoms. The maximum absolute atomic E-state index is 13.8. The van der Waals surface area contributed by atoms with Crippen molar-refractivity contribution in [3.63, 3.8) is 0 Å². The number of aromatic nitrogens is 1. The highest BCUT2D eigenvalue weighted by Gasteiger charge is 2.41. The van der Waals surface area contributed by atoms with E-state index in [9.17, 15) is 9.59 Å². The minimum Gasteiger partial charge on any atom is -0.497 e. The number of carbonyl (C=O) groups excluding carboxylic acids is 2. The number of nitrogens with one attached hydrogen (secondary N) is 1. The van der Waals surface area contributed by atoms with Gasteiger partial charge in [0, 0.05) is 21.7 Å². The predicted octanol–water partition coefficient (Wildman–Crippen LogP) is 6.85. The van der Waals surface area contributed by atoms with Crippen LogP contribution in [-0.4, -0.2) is 34.3 Å². The minimum absolute atomic E-state index is 0.145. The molecule has 0 aliphatic rings. The maximum Gasteiger partial charge on any atom is 0.250 e. The lowest BCUT2D eigenvalue weighted by atomic mass is 9.93. The normalized spacial score (nSPS) is 12.4. The summed E-state index contributed by atoms with van der Waals surface area (Å²) in [4.78, 5) is 33.9. The first-order valence-electron chi connectivity index (χ1n) is 12.3. The molecule has 0 saturated heterocycles. The third-order valence-corrected chi connectivity index (χ3v) is 7.69. The summed E-state index contributed by atoms with van der Waals surface area (Å²) in [5.41, 5.74) is 2.15. The van der Waals surface area contributed by atoms with Gasteiger partial charge in [-0.25, -0.2) is 4.98 Å². The van der Waals surface area contributed by atoms with Gasteiger partial charge in [-0.15, -0.1) is 11.3 Å². The van der Waals surface area contributed by atoms with Crippen LogP contribution in [-0.2, 0) is 22.6 Å². The van der Waals surface area contributed by atoms with Crippen LogP contribution in [0.1, 0.15) is 30.8 Å². The first kappa shape index (κ1) is 27.4. The number of anilines is 1. The largest absolute Gasteiger partial charge is 0.497 e. The number of nitrogens with zero attached hydrogens (tertiary/aromatic N) is 2. The molecular formula is C30H30ClN3O3S. The van der Waals surface area contributed by atoms with Gasteiger partial charge in [0.25, 0.3) is 0 Å². The number of methoxy groups -OCH3 is 1. The van der Waals surface area contributed by atoms with Gasteiger partial charge in [-0.1, -0.05) is 61.0 Å². The van der Waals surface area contributed by atoms with E-state index in [1.165, 1.54) is 11.3 Å². The molecule has 2 amide bonds. The molecule has 6 nitrogen and oxygen atoms in total. The van der Waals surface area contributed by atoms with Gasteiger partial charge in [-0.05, 0) is 55.3 Å². The van der Waals surface area contributed by atoms with Crippen molar-refractivity contribution in [3.8, 4) is 17.0 Å². The van der Waals surface area contributed by atoms with E-state index in [-0.39, 0.29) is 24.8 Å². The van der Waals surface area contributed by atoms with E-state index in [0.29, 0.717) is 22.9 Å². The molecule has 8 heteroatoms. The van der Waals surface area contributed by atoms with Crippen LogP contribution in [0.15, 0.2) is 84.2 Å². The third-order valence-electron chi connectivity index (χ3n) is 6.61. The first-order chi connectivity index (χ1) is 18.3. The summed E-state index contributed by atoms with van der Waals surface area (Å²) in [6, 6.07) is 24.2. The number of hydrogen-bond donors (Lipinski definition) is 1. The molecule has 4 rings (SSSR count). The highest BCUT2D eigenvalue weighted by atomic mass is 35.5. The number of amides is 2. The Morgan fingerprint density at radius 1 is 1.03 bits per heavy atom. The quantitative estimate of drug-likeness (QED) is 0.236. The zero-order valence-electron chi connectivity index (χ0n) is 21.6. The monoisotopic (exact) mass is 547 g/mol. The molecule has 4 aromatic rings. The fourth-order valence-corrected chi connectivity index (χ4v) is 5.01. The molecule has 38 heavy (non-hydrogen) atoms. The lowest BCUT2D eigenvalue weighted by Crippen LogP contribution is -2.56. The second-order valence-electron chi connectivity index (χ2n) is 9.09. The van der Waals surface area contributed by atoms with Crippen molar-refractivity contribution < 1.29 is 14.3 Å². The van der Waals surface area contributed by atoms with Crippen molar-refractivity contribution in [2.45, 2.75) is 38.8 Å². The molecule has 1 aromatic heterocycles. The Balaban J connectivity index is 1.63. The smallest absolute Gasteiger partial charge is 0.250 e. The Morgan fingerprint density at radius 3 is 2.34 bits per heavy atom. The lowest BCUT2D eigenvalue weighted by molar-refractivity contribution is -0.145. The van der Waals surface area contributed by atoms with E-state index < -0.39 is 5.54 Å². The first-order valence-corrected chi connectivity index (χ1v) is 13.6. The van der Waals surface area contributed by atoms with E-state index in [4.69, 9.17) is 21.3 Å². The van der Waals surface area contributed by atoms with Crippen molar-refractivity contribution in [2.24, 2.45) is 0 Å². The predicted molar refractivity (Wildman–Crippen MR) is 154 cm³/mol. The molecule has 0 aliphatic heterocycles. The van der Waals surface area contributed by atoms with Crippen LogP contribution in [0.4, 0.5) is 5.69 Å². The number of ether oxygens (including phenoxy) is 1. The summed E-state index contributed by atoms with van der Waals surface area (Å²) in [5, 5.41) is 6.35. The van der Waals surface area contributed by atoms with Gasteiger partial charge in [0.15, 0.2) is 0 Å². The fraction of sp³-hybridized carbons (Fsp3) is 0.233. The number of thiazole rings is 1. The summed E-state index contributed by atoms with van der Waals surface area (Å²) in [7, 11) is 1.59. The van der Waals surface area contributed by atoms with Crippen LogP contribution in [0.5, 0.6) is 5.75 Å². The van der Waals surface area contributed by atoms with Gasteiger partial charge in [0.1, 0.15) is 16.3 Å². The van der Waals surface area contributed by atoms with Crippen LogP contribution in [0, 0.1) is 0 Å². The van der Waals surface area contributed by atoms with Gasteiger partial charge >= 0.3 is 0 Å². The molecule has 1 atom stereocenters. The van der Waals surface area contributed by atoms with Crippen LogP contribution in [0.25, 0.3) is 11.3 Å². The number of carbonyl (C=O) groups is 2. The van der Waals surface area contributed by atoms with E-state index in [1.807, 2.05) is 73.8 Å². The van der Waals surface area contributed by atoms with E-state index in [1.54, 1.807) is 36.3 Å². The topological polar surface area (TPSA) is 71.5 Å². The summed E-state index contributed by atoms with van der Waals surface area (Å²) < 4.78 is 5.22. The van der Waals surface area contributed by atoms with Crippen molar-refractivity contribution in [1.82, 2.24) is 9.88 Å². The number of rotatable bonds is 10. The number of benzene rings is 3. The molecule has 3 aromatic carbocycles. The van der Waals surface area contributed by atoms with Gasteiger partial charge in [-0.3, -0.25) is 9.59 Å². The molecule has 1 unspecified atom stereocenters.